The third-order valence-corrected chi connectivity index (χ3v) is 2.56. The first-order chi connectivity index (χ1) is 7.53. The summed E-state index contributed by atoms with van der Waals surface area (Å²) in [7, 11) is 0. The molecule has 16 heavy (non-hydrogen) atoms. The lowest BCUT2D eigenvalue weighted by Gasteiger charge is -2.17. The summed E-state index contributed by atoms with van der Waals surface area (Å²) in [6.07, 6.45) is -4.11. The number of alkyl halides is 3. The van der Waals surface area contributed by atoms with Gasteiger partial charge in [0.15, 0.2) is 0 Å². The van der Waals surface area contributed by atoms with Gasteiger partial charge in [0.25, 0.3) is 0 Å². The van der Waals surface area contributed by atoms with Gasteiger partial charge in [0.1, 0.15) is 0 Å². The highest BCUT2D eigenvalue weighted by Crippen LogP contribution is 2.30. The summed E-state index contributed by atoms with van der Waals surface area (Å²) < 4.78 is 36.4. The van der Waals surface area contributed by atoms with Crippen molar-refractivity contribution in [2.45, 2.75) is 31.4 Å². The van der Waals surface area contributed by atoms with E-state index < -0.39 is 12.6 Å². The van der Waals surface area contributed by atoms with Crippen molar-refractivity contribution in [1.29, 1.82) is 0 Å². The van der Waals surface area contributed by atoms with Crippen LogP contribution in [-0.4, -0.2) is 12.7 Å². The second kappa shape index (κ2) is 5.89. The van der Waals surface area contributed by atoms with Gasteiger partial charge in [-0.05, 0) is 30.9 Å². The summed E-state index contributed by atoms with van der Waals surface area (Å²) in [5.74, 6) is -0.0900. The molecule has 0 aliphatic rings. The van der Waals surface area contributed by atoms with Crippen LogP contribution in [0, 0.1) is 0 Å². The highest BCUT2D eigenvalue weighted by Gasteiger charge is 2.28. The molecule has 0 radical (unpaired) electrons. The van der Waals surface area contributed by atoms with Crippen LogP contribution < -0.4 is 5.73 Å². The molecule has 1 aromatic rings. The van der Waals surface area contributed by atoms with Crippen LogP contribution in [0.25, 0.3) is 0 Å². The Hall–Kier alpha value is -1.03. The highest BCUT2D eigenvalue weighted by molar-refractivity contribution is 5.19. The predicted octanol–water partition coefficient (Wildman–Crippen LogP) is 3.46. The maximum Gasteiger partial charge on any atom is 0.389 e. The molecule has 0 aliphatic carbocycles. The van der Waals surface area contributed by atoms with Crippen molar-refractivity contribution < 1.29 is 13.2 Å². The standard InChI is InChI=1S/C12H16F3N/c13-12(14,15)8-6-11(7-9-16)10-4-2-1-3-5-10/h1-5,11H,6-9,16H2. The molecule has 1 rings (SSSR count). The van der Waals surface area contributed by atoms with Crippen LogP contribution in [0.2, 0.25) is 0 Å². The normalized spacial score (nSPS) is 13.8. The van der Waals surface area contributed by atoms with E-state index in [-0.39, 0.29) is 12.3 Å². The molecule has 0 bridgehead atoms. The molecule has 0 fully saturated rings. The Balaban J connectivity index is 2.61. The molecule has 1 nitrogen and oxygen atoms in total. The Kier molecular flexibility index (Phi) is 4.80. The fourth-order valence-electron chi connectivity index (χ4n) is 1.74. The van der Waals surface area contributed by atoms with E-state index in [0.717, 1.165) is 5.56 Å². The number of halogens is 3. The lowest BCUT2D eigenvalue weighted by Crippen LogP contribution is -2.13. The molecule has 1 aromatic carbocycles. The van der Waals surface area contributed by atoms with E-state index in [2.05, 4.69) is 0 Å². The first-order valence-corrected chi connectivity index (χ1v) is 5.34. The molecule has 2 N–H and O–H groups in total. The fourth-order valence-corrected chi connectivity index (χ4v) is 1.74. The van der Waals surface area contributed by atoms with Crippen molar-refractivity contribution in [3.8, 4) is 0 Å². The highest BCUT2D eigenvalue weighted by atomic mass is 19.4. The summed E-state index contributed by atoms with van der Waals surface area (Å²) in [6.45, 7) is 0.414. The first-order valence-electron chi connectivity index (χ1n) is 5.34. The molecule has 4 heteroatoms. The van der Waals surface area contributed by atoms with E-state index in [0.29, 0.717) is 13.0 Å². The zero-order chi connectivity index (χ0) is 12.0. The van der Waals surface area contributed by atoms with Gasteiger partial charge in [-0.25, -0.2) is 0 Å². The molecule has 0 saturated carbocycles. The second-order valence-electron chi connectivity index (χ2n) is 3.84. The Bertz CT molecular complexity index is 295. The average Bonchev–Trinajstić information content (AvgIpc) is 2.24. The quantitative estimate of drug-likeness (QED) is 0.825. The van der Waals surface area contributed by atoms with E-state index in [1.807, 2.05) is 30.3 Å². The predicted molar refractivity (Wildman–Crippen MR) is 58.1 cm³/mol. The largest absolute Gasteiger partial charge is 0.389 e. The third-order valence-electron chi connectivity index (χ3n) is 2.56. The van der Waals surface area contributed by atoms with Crippen LogP contribution in [0.4, 0.5) is 13.2 Å². The zero-order valence-electron chi connectivity index (χ0n) is 9.00. The molecule has 1 unspecified atom stereocenters. The number of rotatable bonds is 5. The van der Waals surface area contributed by atoms with Gasteiger partial charge in [0.2, 0.25) is 0 Å². The van der Waals surface area contributed by atoms with Gasteiger partial charge >= 0.3 is 6.18 Å². The maximum atomic E-state index is 12.1. The summed E-state index contributed by atoms with van der Waals surface area (Å²) in [5, 5.41) is 0. The van der Waals surface area contributed by atoms with Crippen molar-refractivity contribution >= 4 is 0 Å². The second-order valence-corrected chi connectivity index (χ2v) is 3.84. The molecule has 90 valence electrons. The van der Waals surface area contributed by atoms with Crippen molar-refractivity contribution in [2.75, 3.05) is 6.54 Å². The molecule has 0 aromatic heterocycles. The van der Waals surface area contributed by atoms with Crippen LogP contribution >= 0.6 is 0 Å². The Morgan fingerprint density at radius 1 is 1.06 bits per heavy atom. The molecule has 0 saturated heterocycles. The number of hydrogen-bond donors (Lipinski definition) is 1. The van der Waals surface area contributed by atoms with E-state index in [9.17, 15) is 13.2 Å². The van der Waals surface area contributed by atoms with Crippen molar-refractivity contribution in [1.82, 2.24) is 0 Å². The lowest BCUT2D eigenvalue weighted by molar-refractivity contribution is -0.136. The smallest absolute Gasteiger partial charge is 0.330 e. The minimum atomic E-state index is -4.08. The van der Waals surface area contributed by atoms with Gasteiger partial charge < -0.3 is 5.73 Å². The number of nitrogens with two attached hydrogens (primary N) is 1. The van der Waals surface area contributed by atoms with Crippen LogP contribution in [0.3, 0.4) is 0 Å². The van der Waals surface area contributed by atoms with Gasteiger partial charge in [-0.2, -0.15) is 13.2 Å². The van der Waals surface area contributed by atoms with Crippen molar-refractivity contribution in [2.24, 2.45) is 5.73 Å². The van der Waals surface area contributed by atoms with Crippen LogP contribution in [0.5, 0.6) is 0 Å². The topological polar surface area (TPSA) is 26.0 Å². The maximum absolute atomic E-state index is 12.1. The zero-order valence-corrected chi connectivity index (χ0v) is 9.00. The Morgan fingerprint density at radius 2 is 1.69 bits per heavy atom. The summed E-state index contributed by atoms with van der Waals surface area (Å²) >= 11 is 0. The van der Waals surface area contributed by atoms with Gasteiger partial charge in [-0.3, -0.25) is 0 Å². The fraction of sp³-hybridized carbons (Fsp3) is 0.500. The van der Waals surface area contributed by atoms with E-state index >= 15 is 0 Å². The summed E-state index contributed by atoms with van der Waals surface area (Å²) in [4.78, 5) is 0. The minimum absolute atomic E-state index is 0.0900. The van der Waals surface area contributed by atoms with Gasteiger partial charge in [0.05, 0.1) is 0 Å². The molecule has 0 spiro atoms. The summed E-state index contributed by atoms with van der Waals surface area (Å²) in [6, 6.07) is 9.25. The van der Waals surface area contributed by atoms with E-state index in [4.69, 9.17) is 5.73 Å². The van der Waals surface area contributed by atoms with Crippen LogP contribution in [0.1, 0.15) is 30.7 Å². The molecule has 0 amide bonds. The Labute approximate surface area is 93.5 Å². The van der Waals surface area contributed by atoms with Crippen LogP contribution in [0.15, 0.2) is 30.3 Å². The number of hydrogen-bond acceptors (Lipinski definition) is 1. The van der Waals surface area contributed by atoms with Gasteiger partial charge in [-0.1, -0.05) is 30.3 Å². The molecule has 0 heterocycles. The third kappa shape index (κ3) is 4.66. The van der Waals surface area contributed by atoms with Gasteiger partial charge in [0, 0.05) is 6.42 Å². The first kappa shape index (κ1) is 13.0. The van der Waals surface area contributed by atoms with Crippen molar-refractivity contribution in [3.63, 3.8) is 0 Å². The molecular formula is C12H16F3N. The number of benzene rings is 1. The van der Waals surface area contributed by atoms with Gasteiger partial charge in [-0.15, -0.1) is 0 Å². The lowest BCUT2D eigenvalue weighted by atomic mass is 9.91. The summed E-state index contributed by atoms with van der Waals surface area (Å²) in [5.41, 5.74) is 6.37. The minimum Gasteiger partial charge on any atom is -0.330 e. The molecule has 0 aliphatic heterocycles. The van der Waals surface area contributed by atoms with E-state index in [1.165, 1.54) is 0 Å². The molecular weight excluding hydrogens is 215 g/mol. The van der Waals surface area contributed by atoms with Crippen LogP contribution in [-0.2, 0) is 0 Å². The monoisotopic (exact) mass is 231 g/mol. The van der Waals surface area contributed by atoms with E-state index in [1.54, 1.807) is 0 Å². The average molecular weight is 231 g/mol. The molecule has 1 atom stereocenters. The SMILES string of the molecule is NCCC(CCC(F)(F)F)c1ccccc1. The Morgan fingerprint density at radius 3 is 2.19 bits per heavy atom. The van der Waals surface area contributed by atoms with Crippen molar-refractivity contribution in [3.05, 3.63) is 35.9 Å².